The first-order chi connectivity index (χ1) is 14.5. The first-order valence-electron chi connectivity index (χ1n) is 9.37. The van der Waals surface area contributed by atoms with Gasteiger partial charge in [-0.15, -0.1) is 0 Å². The Balaban J connectivity index is 1.71. The predicted octanol–water partition coefficient (Wildman–Crippen LogP) is 4.54. The van der Waals surface area contributed by atoms with Crippen LogP contribution in [-0.2, 0) is 18.9 Å². The summed E-state index contributed by atoms with van der Waals surface area (Å²) in [6, 6.07) is 7.74. The Bertz CT molecular complexity index is 904. The third kappa shape index (κ3) is 5.40. The van der Waals surface area contributed by atoms with E-state index in [-0.39, 0.29) is 19.2 Å². The molecule has 11 heteroatoms. The van der Waals surface area contributed by atoms with E-state index in [1.807, 2.05) is 29.2 Å². The van der Waals surface area contributed by atoms with Crippen molar-refractivity contribution in [2.45, 2.75) is 18.9 Å². The van der Waals surface area contributed by atoms with Gasteiger partial charge in [0.1, 0.15) is 0 Å². The summed E-state index contributed by atoms with van der Waals surface area (Å²) in [4.78, 5) is 15.8. The number of carbonyl (C=O) groups excluding carboxylic acids is 1. The van der Waals surface area contributed by atoms with Gasteiger partial charge in [-0.05, 0) is 29.8 Å². The van der Waals surface area contributed by atoms with Crippen molar-refractivity contribution in [2.75, 3.05) is 36.4 Å². The average molecular weight is 446 g/mol. The van der Waals surface area contributed by atoms with E-state index in [4.69, 9.17) is 5.73 Å². The lowest BCUT2D eigenvalue weighted by Crippen LogP contribution is -2.50. The number of hydrogen-bond acceptors (Lipinski definition) is 3. The van der Waals surface area contributed by atoms with Crippen LogP contribution >= 0.6 is 0 Å². The number of urea groups is 1. The number of anilines is 2. The van der Waals surface area contributed by atoms with Crippen LogP contribution in [-0.4, -0.2) is 37.1 Å². The number of piperazine rings is 1. The van der Waals surface area contributed by atoms with Gasteiger partial charge >= 0.3 is 18.4 Å². The molecule has 0 bridgehead atoms. The molecule has 3 rings (SSSR count). The highest BCUT2D eigenvalue weighted by Gasteiger charge is 2.37. The number of amides is 2. The normalized spacial score (nSPS) is 15.2. The number of alkyl halides is 6. The molecule has 0 unspecified atom stereocenters. The monoisotopic (exact) mass is 446 g/mol. The summed E-state index contributed by atoms with van der Waals surface area (Å²) in [6.45, 7) is 1.72. The quantitative estimate of drug-likeness (QED) is 0.681. The van der Waals surface area contributed by atoms with Gasteiger partial charge in [0, 0.05) is 44.1 Å². The minimum Gasteiger partial charge on any atom is -0.368 e. The first-order valence-corrected chi connectivity index (χ1v) is 9.37. The standard InChI is InChI=1S/C20H20F6N4O/c21-19(22,23)14-9-15(20(24,25)26)11-16(10-14)28-18(31)30-7-5-29(6-8-30)17-4-2-1-3-13(17)12-27/h1-4,9-11H,5-8,12,27H2,(H,28,31). The molecule has 5 nitrogen and oxygen atoms in total. The zero-order valence-electron chi connectivity index (χ0n) is 16.2. The van der Waals surface area contributed by atoms with Crippen LogP contribution in [0.4, 0.5) is 42.5 Å². The molecule has 1 heterocycles. The van der Waals surface area contributed by atoms with E-state index in [0.29, 0.717) is 31.8 Å². The second-order valence-electron chi connectivity index (χ2n) is 7.03. The topological polar surface area (TPSA) is 61.6 Å². The van der Waals surface area contributed by atoms with Gasteiger partial charge in [-0.1, -0.05) is 18.2 Å². The third-order valence-corrected chi connectivity index (χ3v) is 4.96. The van der Waals surface area contributed by atoms with Crippen molar-refractivity contribution in [1.82, 2.24) is 4.90 Å². The first kappa shape index (κ1) is 22.7. The van der Waals surface area contributed by atoms with Crippen LogP contribution in [0.1, 0.15) is 16.7 Å². The van der Waals surface area contributed by atoms with Crippen molar-refractivity contribution in [1.29, 1.82) is 0 Å². The Hall–Kier alpha value is -2.95. The van der Waals surface area contributed by atoms with Crippen LogP contribution < -0.4 is 16.0 Å². The maximum atomic E-state index is 13.0. The highest BCUT2D eigenvalue weighted by Crippen LogP contribution is 2.37. The molecule has 1 saturated heterocycles. The van der Waals surface area contributed by atoms with Crippen molar-refractivity contribution in [3.63, 3.8) is 0 Å². The number of nitrogens with zero attached hydrogens (tertiary/aromatic N) is 2. The number of halogens is 6. The van der Waals surface area contributed by atoms with E-state index in [0.717, 1.165) is 11.3 Å². The fourth-order valence-corrected chi connectivity index (χ4v) is 3.37. The maximum absolute atomic E-state index is 13.0. The molecule has 1 fully saturated rings. The summed E-state index contributed by atoms with van der Waals surface area (Å²) in [5.74, 6) is 0. The number of nitrogens with two attached hydrogens (primary N) is 1. The Labute approximate surface area is 174 Å². The van der Waals surface area contributed by atoms with E-state index in [1.54, 1.807) is 0 Å². The van der Waals surface area contributed by atoms with Crippen molar-refractivity contribution in [2.24, 2.45) is 5.73 Å². The molecular weight excluding hydrogens is 426 g/mol. The highest BCUT2D eigenvalue weighted by molar-refractivity contribution is 5.89. The lowest BCUT2D eigenvalue weighted by molar-refractivity contribution is -0.143. The van der Waals surface area contributed by atoms with Crippen LogP contribution in [0.3, 0.4) is 0 Å². The fourth-order valence-electron chi connectivity index (χ4n) is 3.37. The molecule has 168 valence electrons. The second-order valence-corrected chi connectivity index (χ2v) is 7.03. The third-order valence-electron chi connectivity index (χ3n) is 4.96. The Morgan fingerprint density at radius 2 is 1.45 bits per heavy atom. The maximum Gasteiger partial charge on any atom is 0.416 e. The molecule has 1 aliphatic rings. The molecule has 2 aromatic rings. The van der Waals surface area contributed by atoms with E-state index in [1.165, 1.54) is 4.90 Å². The van der Waals surface area contributed by atoms with E-state index >= 15 is 0 Å². The van der Waals surface area contributed by atoms with Gasteiger partial charge in [-0.25, -0.2) is 4.79 Å². The second kappa shape index (κ2) is 8.66. The summed E-state index contributed by atoms with van der Waals surface area (Å²) in [7, 11) is 0. The molecule has 0 atom stereocenters. The molecule has 1 aliphatic heterocycles. The van der Waals surface area contributed by atoms with Gasteiger partial charge in [0.2, 0.25) is 0 Å². The zero-order chi connectivity index (χ0) is 22.8. The number of carbonyl (C=O) groups is 1. The number of para-hydroxylation sites is 1. The number of nitrogens with one attached hydrogen (secondary N) is 1. The lowest BCUT2D eigenvalue weighted by Gasteiger charge is -2.37. The van der Waals surface area contributed by atoms with Crippen LogP contribution in [0.25, 0.3) is 0 Å². The summed E-state index contributed by atoms with van der Waals surface area (Å²) >= 11 is 0. The van der Waals surface area contributed by atoms with Gasteiger partial charge in [-0.2, -0.15) is 26.3 Å². The van der Waals surface area contributed by atoms with Gasteiger partial charge in [0.05, 0.1) is 11.1 Å². The van der Waals surface area contributed by atoms with E-state index in [9.17, 15) is 31.1 Å². The minimum atomic E-state index is -4.98. The number of benzene rings is 2. The highest BCUT2D eigenvalue weighted by atomic mass is 19.4. The Morgan fingerprint density at radius 3 is 1.97 bits per heavy atom. The summed E-state index contributed by atoms with van der Waals surface area (Å²) in [5.41, 5.74) is 4.07. The molecule has 2 amide bonds. The van der Waals surface area contributed by atoms with Gasteiger partial charge in [0.15, 0.2) is 0 Å². The minimum absolute atomic E-state index is 0.0172. The van der Waals surface area contributed by atoms with E-state index in [2.05, 4.69) is 5.32 Å². The largest absolute Gasteiger partial charge is 0.416 e. The fraction of sp³-hybridized carbons (Fsp3) is 0.350. The smallest absolute Gasteiger partial charge is 0.368 e. The van der Waals surface area contributed by atoms with Crippen LogP contribution in [0.15, 0.2) is 42.5 Å². The predicted molar refractivity (Wildman–Crippen MR) is 104 cm³/mol. The van der Waals surface area contributed by atoms with Crippen molar-refractivity contribution < 1.29 is 31.1 Å². The Kier molecular flexibility index (Phi) is 6.35. The molecule has 0 spiro atoms. The Morgan fingerprint density at radius 1 is 0.903 bits per heavy atom. The molecular formula is C20H20F6N4O. The lowest BCUT2D eigenvalue weighted by atomic mass is 10.1. The van der Waals surface area contributed by atoms with Crippen molar-refractivity contribution in [3.8, 4) is 0 Å². The number of rotatable bonds is 3. The molecule has 0 saturated carbocycles. The summed E-state index contributed by atoms with van der Waals surface area (Å²) < 4.78 is 77.9. The van der Waals surface area contributed by atoms with E-state index < -0.39 is 35.2 Å². The summed E-state index contributed by atoms with van der Waals surface area (Å²) in [5, 5.41) is 2.16. The van der Waals surface area contributed by atoms with Gasteiger partial charge in [0.25, 0.3) is 0 Å². The molecule has 0 aromatic heterocycles. The molecule has 0 radical (unpaired) electrons. The molecule has 31 heavy (non-hydrogen) atoms. The number of hydrogen-bond donors (Lipinski definition) is 2. The zero-order valence-corrected chi connectivity index (χ0v) is 16.2. The SMILES string of the molecule is NCc1ccccc1N1CCN(C(=O)Nc2cc(C(F)(F)F)cc(C(F)(F)F)c2)CC1. The molecule has 2 aromatic carbocycles. The van der Waals surface area contributed by atoms with Crippen molar-refractivity contribution in [3.05, 3.63) is 59.2 Å². The summed E-state index contributed by atoms with van der Waals surface area (Å²) in [6.07, 6.45) is -9.97. The molecule has 0 aliphatic carbocycles. The van der Waals surface area contributed by atoms with Crippen LogP contribution in [0, 0.1) is 0 Å². The average Bonchev–Trinajstić information content (AvgIpc) is 2.72. The van der Waals surface area contributed by atoms with Gasteiger partial charge in [-0.3, -0.25) is 0 Å². The van der Waals surface area contributed by atoms with Gasteiger partial charge < -0.3 is 20.9 Å². The molecule has 3 N–H and O–H groups in total. The van der Waals surface area contributed by atoms with Crippen molar-refractivity contribution >= 4 is 17.4 Å². The van der Waals surface area contributed by atoms with Crippen LogP contribution in [0.5, 0.6) is 0 Å². The van der Waals surface area contributed by atoms with Crippen LogP contribution in [0.2, 0.25) is 0 Å².